The van der Waals surface area contributed by atoms with Gasteiger partial charge in [-0.15, -0.1) is 10.2 Å². The Morgan fingerprint density at radius 3 is 2.33 bits per heavy atom. The molecule has 2 N–H and O–H groups in total. The Labute approximate surface area is 170 Å². The Morgan fingerprint density at radius 2 is 1.63 bits per heavy atom. The molecule has 0 radical (unpaired) electrons. The van der Waals surface area contributed by atoms with Crippen LogP contribution in [0.3, 0.4) is 0 Å². The van der Waals surface area contributed by atoms with E-state index in [1.165, 1.54) is 35.1 Å². The van der Waals surface area contributed by atoms with Crippen LogP contribution in [0.25, 0.3) is 10.8 Å². The zero-order valence-corrected chi connectivity index (χ0v) is 15.9. The summed E-state index contributed by atoms with van der Waals surface area (Å²) in [5, 5.41) is 28.7. The number of aromatic hydroxyl groups is 2. The maximum absolute atomic E-state index is 12.4. The third kappa shape index (κ3) is 3.46. The minimum atomic E-state index is -0.749. The Balaban J connectivity index is 1.62. The normalized spacial score (nSPS) is 11.4. The standard InChI is InChI=1S/C22H17N3O5/c1-13-16(9-10-30-13)20(27)24-23-19(26)15-7-8-17-18(11-15)22(29)25(21(17)28)12-14-5-3-2-4-6-14/h2-11,28-29H,12H2,1H3. The van der Waals surface area contributed by atoms with Gasteiger partial charge in [-0.2, -0.15) is 0 Å². The molecule has 0 aliphatic heterocycles. The summed E-state index contributed by atoms with van der Waals surface area (Å²) in [5.74, 6) is -1.35. The SMILES string of the molecule is Cc1occc1C(=O)N=NC(=O)c1ccc2c(O)n(Cc3ccccc3)c(O)c2c1. The number of nitrogens with zero attached hydrogens (tertiary/aromatic N) is 3. The first kappa shape index (κ1) is 19.1. The first-order chi connectivity index (χ1) is 14.5. The number of carbonyl (C=O) groups is 2. The van der Waals surface area contributed by atoms with Crippen molar-refractivity contribution in [2.45, 2.75) is 13.5 Å². The van der Waals surface area contributed by atoms with Crippen LogP contribution in [0.2, 0.25) is 0 Å². The molecule has 30 heavy (non-hydrogen) atoms. The van der Waals surface area contributed by atoms with Gasteiger partial charge in [0.1, 0.15) is 5.76 Å². The fraction of sp³-hybridized carbons (Fsp3) is 0.0909. The molecule has 0 saturated heterocycles. The van der Waals surface area contributed by atoms with Crippen LogP contribution in [0.4, 0.5) is 0 Å². The Hall–Kier alpha value is -4.20. The molecule has 0 atom stereocenters. The molecule has 8 heteroatoms. The maximum atomic E-state index is 12.4. The third-order valence-corrected chi connectivity index (χ3v) is 4.76. The molecule has 0 aliphatic rings. The molecule has 0 bridgehead atoms. The molecule has 4 rings (SSSR count). The monoisotopic (exact) mass is 403 g/mol. The van der Waals surface area contributed by atoms with E-state index in [4.69, 9.17) is 4.42 Å². The first-order valence-electron chi connectivity index (χ1n) is 9.08. The van der Waals surface area contributed by atoms with E-state index in [0.717, 1.165) is 5.56 Å². The number of fused-ring (bicyclic) bond motifs is 1. The lowest BCUT2D eigenvalue weighted by Gasteiger charge is -2.06. The number of aromatic nitrogens is 1. The topological polar surface area (TPSA) is 117 Å². The van der Waals surface area contributed by atoms with Gasteiger partial charge in [-0.05, 0) is 36.8 Å². The molecule has 2 heterocycles. The molecule has 2 amide bonds. The van der Waals surface area contributed by atoms with Crippen LogP contribution < -0.4 is 0 Å². The van der Waals surface area contributed by atoms with Crippen LogP contribution in [-0.2, 0) is 6.54 Å². The number of azo groups is 1. The fourth-order valence-electron chi connectivity index (χ4n) is 3.17. The number of rotatable bonds is 4. The van der Waals surface area contributed by atoms with E-state index >= 15 is 0 Å². The molecule has 8 nitrogen and oxygen atoms in total. The Bertz CT molecular complexity index is 1290. The van der Waals surface area contributed by atoms with E-state index in [2.05, 4.69) is 10.2 Å². The summed E-state index contributed by atoms with van der Waals surface area (Å²) in [6, 6.07) is 15.2. The number of amides is 2. The lowest BCUT2D eigenvalue weighted by molar-refractivity contribution is 0.0946. The van der Waals surface area contributed by atoms with E-state index in [0.29, 0.717) is 16.5 Å². The minimum Gasteiger partial charge on any atom is -0.494 e. The van der Waals surface area contributed by atoms with Gasteiger partial charge < -0.3 is 14.6 Å². The van der Waals surface area contributed by atoms with Gasteiger partial charge in [0.2, 0.25) is 11.8 Å². The second kappa shape index (κ2) is 7.67. The van der Waals surface area contributed by atoms with Gasteiger partial charge in [0.05, 0.1) is 18.4 Å². The zero-order valence-electron chi connectivity index (χ0n) is 15.9. The van der Waals surface area contributed by atoms with E-state index < -0.39 is 11.8 Å². The highest BCUT2D eigenvalue weighted by atomic mass is 16.3. The van der Waals surface area contributed by atoms with Crippen LogP contribution in [0.1, 0.15) is 32.0 Å². The van der Waals surface area contributed by atoms with Gasteiger partial charge in [0.15, 0.2) is 0 Å². The molecule has 0 unspecified atom stereocenters. The van der Waals surface area contributed by atoms with Crippen LogP contribution in [0, 0.1) is 6.92 Å². The van der Waals surface area contributed by atoms with Crippen LogP contribution in [-0.4, -0.2) is 26.6 Å². The molecule has 0 spiro atoms. The maximum Gasteiger partial charge on any atom is 0.299 e. The number of benzene rings is 2. The summed E-state index contributed by atoms with van der Waals surface area (Å²) >= 11 is 0. The highest BCUT2D eigenvalue weighted by molar-refractivity contribution is 6.03. The molecule has 0 fully saturated rings. The van der Waals surface area contributed by atoms with Crippen molar-refractivity contribution in [1.82, 2.24) is 4.57 Å². The lowest BCUT2D eigenvalue weighted by Crippen LogP contribution is -1.98. The molecule has 0 saturated carbocycles. The summed E-state index contributed by atoms with van der Waals surface area (Å²) in [6.45, 7) is 1.86. The quantitative estimate of drug-likeness (QED) is 0.489. The van der Waals surface area contributed by atoms with Crippen molar-refractivity contribution in [3.05, 3.63) is 83.3 Å². The number of hydrogen-bond donors (Lipinski definition) is 2. The molecular formula is C22H17N3O5. The second-order valence-corrected chi connectivity index (χ2v) is 6.68. The summed E-state index contributed by atoms with van der Waals surface area (Å²) < 4.78 is 6.38. The van der Waals surface area contributed by atoms with Gasteiger partial charge >= 0.3 is 0 Å². The van der Waals surface area contributed by atoms with Crippen molar-refractivity contribution in [2.75, 3.05) is 0 Å². The number of hydrogen-bond acceptors (Lipinski definition) is 5. The largest absolute Gasteiger partial charge is 0.494 e. The number of furan rings is 1. The minimum absolute atomic E-state index is 0.113. The highest BCUT2D eigenvalue weighted by Gasteiger charge is 2.18. The van der Waals surface area contributed by atoms with Crippen molar-refractivity contribution in [3.63, 3.8) is 0 Å². The van der Waals surface area contributed by atoms with E-state index in [1.54, 1.807) is 6.92 Å². The van der Waals surface area contributed by atoms with Gasteiger partial charge in [0.25, 0.3) is 11.8 Å². The smallest absolute Gasteiger partial charge is 0.299 e. The van der Waals surface area contributed by atoms with Gasteiger partial charge in [-0.25, -0.2) is 0 Å². The Kier molecular flexibility index (Phi) is 4.89. The van der Waals surface area contributed by atoms with Gasteiger partial charge in [-0.3, -0.25) is 14.2 Å². The van der Waals surface area contributed by atoms with Gasteiger partial charge in [-0.1, -0.05) is 30.3 Å². The summed E-state index contributed by atoms with van der Waals surface area (Å²) in [5.41, 5.74) is 1.24. The van der Waals surface area contributed by atoms with Crippen molar-refractivity contribution < 1.29 is 24.2 Å². The highest BCUT2D eigenvalue weighted by Crippen LogP contribution is 2.37. The third-order valence-electron chi connectivity index (χ3n) is 4.76. The van der Waals surface area contributed by atoms with E-state index in [-0.39, 0.29) is 29.4 Å². The molecule has 2 aromatic heterocycles. The lowest BCUT2D eigenvalue weighted by atomic mass is 10.1. The molecule has 150 valence electrons. The zero-order chi connectivity index (χ0) is 21.3. The van der Waals surface area contributed by atoms with Crippen LogP contribution in [0.15, 0.2) is 75.5 Å². The first-order valence-corrected chi connectivity index (χ1v) is 9.08. The average Bonchev–Trinajstić information content (AvgIpc) is 3.29. The van der Waals surface area contributed by atoms with E-state index in [9.17, 15) is 19.8 Å². The van der Waals surface area contributed by atoms with Crippen molar-refractivity contribution >= 4 is 22.6 Å². The summed E-state index contributed by atoms with van der Waals surface area (Å²) in [7, 11) is 0. The Morgan fingerprint density at radius 1 is 0.933 bits per heavy atom. The van der Waals surface area contributed by atoms with Crippen molar-refractivity contribution in [2.24, 2.45) is 10.2 Å². The number of aryl methyl sites for hydroxylation is 1. The molecule has 4 aromatic rings. The number of carbonyl (C=O) groups excluding carboxylic acids is 2. The predicted octanol–water partition coefficient (Wildman–Crippen LogP) is 4.44. The van der Waals surface area contributed by atoms with E-state index in [1.807, 2.05) is 30.3 Å². The molecule has 2 aromatic carbocycles. The van der Waals surface area contributed by atoms with Crippen LogP contribution in [0.5, 0.6) is 11.8 Å². The summed E-state index contributed by atoms with van der Waals surface area (Å²) in [6.07, 6.45) is 1.35. The van der Waals surface area contributed by atoms with Gasteiger partial charge in [0, 0.05) is 16.3 Å². The summed E-state index contributed by atoms with van der Waals surface area (Å²) in [4.78, 5) is 24.4. The van der Waals surface area contributed by atoms with Crippen molar-refractivity contribution in [1.29, 1.82) is 0 Å². The average molecular weight is 403 g/mol. The second-order valence-electron chi connectivity index (χ2n) is 6.68. The predicted molar refractivity (Wildman–Crippen MR) is 108 cm³/mol. The molecule has 0 aliphatic carbocycles. The fourth-order valence-corrected chi connectivity index (χ4v) is 3.17. The van der Waals surface area contributed by atoms with Crippen molar-refractivity contribution in [3.8, 4) is 11.8 Å². The van der Waals surface area contributed by atoms with Crippen LogP contribution >= 0.6 is 0 Å². The molecular weight excluding hydrogens is 386 g/mol.